The molecule has 0 saturated carbocycles. The van der Waals surface area contributed by atoms with Gasteiger partial charge < -0.3 is 15.4 Å². The fourth-order valence-electron chi connectivity index (χ4n) is 1.80. The van der Waals surface area contributed by atoms with Crippen LogP contribution < -0.4 is 15.4 Å². The van der Waals surface area contributed by atoms with Gasteiger partial charge in [0.1, 0.15) is 5.75 Å². The van der Waals surface area contributed by atoms with Crippen molar-refractivity contribution in [2.24, 2.45) is 0 Å². The fraction of sp³-hybridized carbons (Fsp3) is 0.333. The number of carbonyl (C=O) groups excluding carboxylic acids is 1. The molecule has 112 valence electrons. The molecule has 2 rings (SSSR count). The van der Waals surface area contributed by atoms with Crippen LogP contribution in [-0.2, 0) is 4.79 Å². The number of benzene rings is 1. The maximum absolute atomic E-state index is 11.8. The van der Waals surface area contributed by atoms with Gasteiger partial charge in [0.15, 0.2) is 5.13 Å². The number of ether oxygens (including phenoxy) is 1. The van der Waals surface area contributed by atoms with Crippen molar-refractivity contribution < 1.29 is 9.53 Å². The number of para-hydroxylation sites is 2. The molecule has 21 heavy (non-hydrogen) atoms. The standard InChI is InChI=1S/C15H19N3O2S/c1-3-20-13-7-5-4-6-12(13)16-9-8-14(19)18-15-17-11(2)10-21-15/h4-7,10,16H,3,8-9H2,1-2H3,(H,17,18,19). The second-order valence-electron chi connectivity index (χ2n) is 4.45. The van der Waals surface area contributed by atoms with E-state index in [1.54, 1.807) is 0 Å². The second-order valence-corrected chi connectivity index (χ2v) is 5.31. The lowest BCUT2D eigenvalue weighted by Crippen LogP contribution is -2.16. The summed E-state index contributed by atoms with van der Waals surface area (Å²) >= 11 is 1.43. The summed E-state index contributed by atoms with van der Waals surface area (Å²) < 4.78 is 5.52. The van der Waals surface area contributed by atoms with Crippen molar-refractivity contribution in [3.63, 3.8) is 0 Å². The van der Waals surface area contributed by atoms with Gasteiger partial charge in [-0.2, -0.15) is 0 Å². The molecule has 1 amide bonds. The van der Waals surface area contributed by atoms with Crippen LogP contribution in [0.3, 0.4) is 0 Å². The van der Waals surface area contributed by atoms with Gasteiger partial charge in [-0.15, -0.1) is 11.3 Å². The number of nitrogens with zero attached hydrogens (tertiary/aromatic N) is 1. The van der Waals surface area contributed by atoms with Crippen molar-refractivity contribution in [1.82, 2.24) is 4.98 Å². The van der Waals surface area contributed by atoms with E-state index >= 15 is 0 Å². The van der Waals surface area contributed by atoms with Crippen molar-refractivity contribution in [1.29, 1.82) is 0 Å². The van der Waals surface area contributed by atoms with Crippen molar-refractivity contribution in [3.05, 3.63) is 35.3 Å². The van der Waals surface area contributed by atoms with Gasteiger partial charge in [0.25, 0.3) is 0 Å². The van der Waals surface area contributed by atoms with Gasteiger partial charge in [-0.25, -0.2) is 4.98 Å². The lowest BCUT2D eigenvalue weighted by molar-refractivity contribution is -0.115. The predicted molar refractivity (Wildman–Crippen MR) is 86.2 cm³/mol. The molecule has 0 bridgehead atoms. The van der Waals surface area contributed by atoms with E-state index in [1.807, 2.05) is 43.5 Å². The minimum absolute atomic E-state index is 0.0502. The zero-order chi connectivity index (χ0) is 15.1. The Morgan fingerprint density at radius 1 is 1.38 bits per heavy atom. The quantitative estimate of drug-likeness (QED) is 0.824. The van der Waals surface area contributed by atoms with Crippen LogP contribution in [0.4, 0.5) is 10.8 Å². The Morgan fingerprint density at radius 2 is 2.19 bits per heavy atom. The molecule has 0 atom stereocenters. The van der Waals surface area contributed by atoms with Crippen molar-refractivity contribution in [2.45, 2.75) is 20.3 Å². The zero-order valence-corrected chi connectivity index (χ0v) is 13.0. The third kappa shape index (κ3) is 4.75. The Labute approximate surface area is 128 Å². The van der Waals surface area contributed by atoms with Gasteiger partial charge in [-0.1, -0.05) is 12.1 Å². The molecule has 2 aromatic rings. The van der Waals surface area contributed by atoms with E-state index in [0.717, 1.165) is 17.1 Å². The molecule has 1 aromatic heterocycles. The molecular weight excluding hydrogens is 286 g/mol. The molecule has 1 heterocycles. The molecule has 2 N–H and O–H groups in total. The molecule has 0 fully saturated rings. The Kier molecular flexibility index (Phi) is 5.57. The van der Waals surface area contributed by atoms with Crippen LogP contribution in [-0.4, -0.2) is 24.0 Å². The number of aromatic nitrogens is 1. The maximum atomic E-state index is 11.8. The molecule has 6 heteroatoms. The van der Waals surface area contributed by atoms with E-state index in [0.29, 0.717) is 24.7 Å². The normalized spacial score (nSPS) is 10.2. The first kappa shape index (κ1) is 15.3. The lowest BCUT2D eigenvalue weighted by Gasteiger charge is -2.11. The summed E-state index contributed by atoms with van der Waals surface area (Å²) in [5.74, 6) is 0.752. The molecular formula is C15H19N3O2S. The third-order valence-electron chi connectivity index (χ3n) is 2.72. The average Bonchev–Trinajstić information content (AvgIpc) is 2.86. The second kappa shape index (κ2) is 7.64. The summed E-state index contributed by atoms with van der Waals surface area (Å²) in [5.41, 5.74) is 1.82. The van der Waals surface area contributed by atoms with E-state index in [1.165, 1.54) is 11.3 Å². The molecule has 5 nitrogen and oxygen atoms in total. The highest BCUT2D eigenvalue weighted by molar-refractivity contribution is 7.13. The van der Waals surface area contributed by atoms with Gasteiger partial charge in [0.05, 0.1) is 18.0 Å². The van der Waals surface area contributed by atoms with Crippen molar-refractivity contribution in [3.8, 4) is 5.75 Å². The zero-order valence-electron chi connectivity index (χ0n) is 12.2. The van der Waals surface area contributed by atoms with Crippen LogP contribution >= 0.6 is 11.3 Å². The first-order valence-corrected chi connectivity index (χ1v) is 7.74. The highest BCUT2D eigenvalue weighted by Gasteiger charge is 2.06. The first-order chi connectivity index (χ1) is 10.2. The minimum Gasteiger partial charge on any atom is -0.492 e. The molecule has 0 saturated heterocycles. The summed E-state index contributed by atoms with van der Waals surface area (Å²) in [6.07, 6.45) is 0.374. The Balaban J connectivity index is 1.80. The summed E-state index contributed by atoms with van der Waals surface area (Å²) in [7, 11) is 0. The van der Waals surface area contributed by atoms with Gasteiger partial charge in [0.2, 0.25) is 5.91 Å². The predicted octanol–water partition coefficient (Wildman–Crippen LogP) is 3.29. The summed E-state index contributed by atoms with van der Waals surface area (Å²) in [6.45, 7) is 5.00. The van der Waals surface area contributed by atoms with Crippen LogP contribution in [0.5, 0.6) is 5.75 Å². The minimum atomic E-state index is -0.0502. The molecule has 0 radical (unpaired) electrons. The van der Waals surface area contributed by atoms with E-state index in [9.17, 15) is 4.79 Å². The smallest absolute Gasteiger partial charge is 0.227 e. The number of thiazole rings is 1. The maximum Gasteiger partial charge on any atom is 0.227 e. The summed E-state index contributed by atoms with van der Waals surface area (Å²) in [4.78, 5) is 16.0. The fourth-order valence-corrected chi connectivity index (χ4v) is 2.50. The lowest BCUT2D eigenvalue weighted by atomic mass is 10.3. The number of nitrogens with one attached hydrogen (secondary N) is 2. The largest absolute Gasteiger partial charge is 0.492 e. The van der Waals surface area contributed by atoms with Crippen LogP contribution in [0.2, 0.25) is 0 Å². The average molecular weight is 305 g/mol. The number of rotatable bonds is 7. The summed E-state index contributed by atoms with van der Waals surface area (Å²) in [5, 5.41) is 8.56. The molecule has 0 aliphatic heterocycles. The highest BCUT2D eigenvalue weighted by atomic mass is 32.1. The monoisotopic (exact) mass is 305 g/mol. The third-order valence-corrected chi connectivity index (χ3v) is 3.60. The van der Waals surface area contributed by atoms with Crippen LogP contribution in [0.15, 0.2) is 29.6 Å². The Hall–Kier alpha value is -2.08. The van der Waals surface area contributed by atoms with Crippen molar-refractivity contribution >= 4 is 28.1 Å². The van der Waals surface area contributed by atoms with Gasteiger partial charge in [0, 0.05) is 18.3 Å². The molecule has 0 unspecified atom stereocenters. The van der Waals surface area contributed by atoms with Crippen LogP contribution in [0.25, 0.3) is 0 Å². The molecule has 0 spiro atoms. The topological polar surface area (TPSA) is 63.2 Å². The number of aryl methyl sites for hydroxylation is 1. The SMILES string of the molecule is CCOc1ccccc1NCCC(=O)Nc1nc(C)cs1. The van der Waals surface area contributed by atoms with E-state index < -0.39 is 0 Å². The van der Waals surface area contributed by atoms with E-state index in [-0.39, 0.29) is 5.91 Å². The number of hydrogen-bond donors (Lipinski definition) is 2. The van der Waals surface area contributed by atoms with Crippen LogP contribution in [0, 0.1) is 6.92 Å². The highest BCUT2D eigenvalue weighted by Crippen LogP contribution is 2.23. The van der Waals surface area contributed by atoms with Gasteiger partial charge in [-0.05, 0) is 26.0 Å². The molecule has 0 aliphatic carbocycles. The molecule has 0 aliphatic rings. The number of carbonyl (C=O) groups is 1. The van der Waals surface area contributed by atoms with Gasteiger partial charge >= 0.3 is 0 Å². The first-order valence-electron chi connectivity index (χ1n) is 6.86. The van der Waals surface area contributed by atoms with E-state index in [2.05, 4.69) is 15.6 Å². The number of amides is 1. The Bertz CT molecular complexity index is 598. The number of hydrogen-bond acceptors (Lipinski definition) is 5. The van der Waals surface area contributed by atoms with Crippen LogP contribution in [0.1, 0.15) is 19.0 Å². The molecule has 1 aromatic carbocycles. The summed E-state index contributed by atoms with van der Waals surface area (Å²) in [6, 6.07) is 7.70. The van der Waals surface area contributed by atoms with Crippen molar-refractivity contribution in [2.75, 3.05) is 23.8 Å². The van der Waals surface area contributed by atoms with E-state index in [4.69, 9.17) is 4.74 Å². The Morgan fingerprint density at radius 3 is 2.90 bits per heavy atom. The van der Waals surface area contributed by atoms with Gasteiger partial charge in [-0.3, -0.25) is 4.79 Å². The number of anilines is 2.